The molecule has 0 fully saturated rings. The lowest BCUT2D eigenvalue weighted by Crippen LogP contribution is -2.23. The second-order valence-corrected chi connectivity index (χ2v) is 4.03. The van der Waals surface area contributed by atoms with E-state index < -0.39 is 0 Å². The number of nitrogen functional groups attached to an aromatic ring is 1. The van der Waals surface area contributed by atoms with Crippen molar-refractivity contribution in [1.82, 2.24) is 25.5 Å². The minimum atomic E-state index is -0.336. The van der Waals surface area contributed by atoms with Gasteiger partial charge in [-0.05, 0) is 6.92 Å². The molecule has 1 amide bonds. The molecule has 0 aromatic carbocycles. The molecule has 16 heavy (non-hydrogen) atoms. The summed E-state index contributed by atoms with van der Waals surface area (Å²) in [5.74, 6) is -0.171. The Bertz CT molecular complexity index is 504. The van der Waals surface area contributed by atoms with Crippen LogP contribution in [0.4, 0.5) is 5.95 Å². The van der Waals surface area contributed by atoms with E-state index >= 15 is 0 Å². The molecule has 7 nitrogen and oxygen atoms in total. The number of nitrogens with zero attached hydrogens (tertiary/aromatic N) is 3. The van der Waals surface area contributed by atoms with E-state index in [4.69, 9.17) is 5.73 Å². The van der Waals surface area contributed by atoms with E-state index in [0.29, 0.717) is 6.54 Å². The molecule has 0 aliphatic heterocycles. The Balaban J connectivity index is 1.96. The van der Waals surface area contributed by atoms with Crippen LogP contribution in [0.25, 0.3) is 0 Å². The molecule has 0 saturated heterocycles. The highest BCUT2D eigenvalue weighted by Crippen LogP contribution is 2.11. The van der Waals surface area contributed by atoms with Crippen LogP contribution in [0, 0.1) is 6.92 Å². The Morgan fingerprint density at radius 2 is 2.50 bits per heavy atom. The minimum absolute atomic E-state index is 0.0547. The molecule has 0 saturated carbocycles. The molecule has 0 unspecified atom stereocenters. The van der Waals surface area contributed by atoms with Crippen molar-refractivity contribution in [2.75, 3.05) is 5.73 Å². The summed E-state index contributed by atoms with van der Waals surface area (Å²) in [7, 11) is 0. The van der Waals surface area contributed by atoms with Crippen LogP contribution >= 0.6 is 11.3 Å². The van der Waals surface area contributed by atoms with Gasteiger partial charge in [-0.2, -0.15) is 4.98 Å². The number of hydrogen-bond acceptors (Lipinski definition) is 6. The van der Waals surface area contributed by atoms with Crippen LogP contribution in [0.2, 0.25) is 0 Å². The number of carbonyl (C=O) groups excluding carboxylic acids is 1. The van der Waals surface area contributed by atoms with Gasteiger partial charge in [-0.1, -0.05) is 0 Å². The first-order valence-corrected chi connectivity index (χ1v) is 5.40. The maximum Gasteiger partial charge on any atom is 0.288 e. The van der Waals surface area contributed by atoms with Crippen molar-refractivity contribution in [2.45, 2.75) is 13.5 Å². The Morgan fingerprint density at radius 1 is 1.69 bits per heavy atom. The van der Waals surface area contributed by atoms with Crippen molar-refractivity contribution in [3.63, 3.8) is 0 Å². The molecule has 0 atom stereocenters. The molecule has 4 N–H and O–H groups in total. The maximum atomic E-state index is 11.5. The van der Waals surface area contributed by atoms with Gasteiger partial charge in [0.05, 0.1) is 17.7 Å². The number of amides is 1. The number of anilines is 1. The number of H-pyrrole nitrogens is 1. The zero-order valence-electron chi connectivity index (χ0n) is 8.52. The first-order valence-electron chi connectivity index (χ1n) is 4.52. The van der Waals surface area contributed by atoms with Gasteiger partial charge >= 0.3 is 0 Å². The van der Waals surface area contributed by atoms with Gasteiger partial charge in [0.15, 0.2) is 0 Å². The molecule has 0 aliphatic carbocycles. The molecule has 2 heterocycles. The number of aromatic nitrogens is 4. The number of aryl methyl sites for hydroxylation is 1. The fourth-order valence-electron chi connectivity index (χ4n) is 1.12. The smallest absolute Gasteiger partial charge is 0.288 e. The zero-order valence-corrected chi connectivity index (χ0v) is 9.34. The fourth-order valence-corrected chi connectivity index (χ4v) is 1.83. The number of nitrogens with one attached hydrogen (secondary N) is 2. The molecule has 2 aromatic rings. The zero-order chi connectivity index (χ0) is 11.5. The highest BCUT2D eigenvalue weighted by atomic mass is 32.1. The Morgan fingerprint density at radius 3 is 3.06 bits per heavy atom. The Kier molecular flexibility index (Phi) is 2.82. The third-order valence-corrected chi connectivity index (χ3v) is 2.91. The van der Waals surface area contributed by atoms with Crippen LogP contribution in [0.15, 0.2) is 5.51 Å². The topological polar surface area (TPSA) is 110 Å². The van der Waals surface area contributed by atoms with Crippen LogP contribution < -0.4 is 11.1 Å². The summed E-state index contributed by atoms with van der Waals surface area (Å²) in [6.07, 6.45) is 0. The van der Waals surface area contributed by atoms with Crippen LogP contribution in [0.5, 0.6) is 0 Å². The highest BCUT2D eigenvalue weighted by Gasteiger charge is 2.11. The van der Waals surface area contributed by atoms with Crippen LogP contribution in [0.1, 0.15) is 21.2 Å². The van der Waals surface area contributed by atoms with Crippen molar-refractivity contribution in [3.05, 3.63) is 21.9 Å². The number of hydrogen-bond donors (Lipinski definition) is 3. The largest absolute Gasteiger partial charge is 0.366 e. The van der Waals surface area contributed by atoms with Gasteiger partial charge in [-0.15, -0.1) is 16.4 Å². The van der Waals surface area contributed by atoms with Gasteiger partial charge in [0.25, 0.3) is 5.91 Å². The SMILES string of the molecule is Cc1ncsc1CNC(=O)c1nc(N)n[nH]1. The average Bonchev–Trinajstić information content (AvgIpc) is 2.84. The Hall–Kier alpha value is -1.96. The summed E-state index contributed by atoms with van der Waals surface area (Å²) in [6.45, 7) is 2.32. The first kappa shape index (κ1) is 10.6. The predicted octanol–water partition coefficient (Wildman–Crippen LogP) is 0.0818. The molecule has 0 bridgehead atoms. The number of nitrogens with two attached hydrogens (primary N) is 1. The van der Waals surface area contributed by atoms with E-state index in [1.807, 2.05) is 6.92 Å². The van der Waals surface area contributed by atoms with Crippen molar-refractivity contribution in [2.24, 2.45) is 0 Å². The van der Waals surface area contributed by atoms with E-state index in [-0.39, 0.29) is 17.7 Å². The normalized spacial score (nSPS) is 10.3. The van der Waals surface area contributed by atoms with Crippen molar-refractivity contribution in [1.29, 1.82) is 0 Å². The fraction of sp³-hybridized carbons (Fsp3) is 0.250. The van der Waals surface area contributed by atoms with Crippen molar-refractivity contribution in [3.8, 4) is 0 Å². The van der Waals surface area contributed by atoms with Gasteiger partial charge in [-0.3, -0.25) is 9.89 Å². The third kappa shape index (κ3) is 2.16. The van der Waals surface area contributed by atoms with Gasteiger partial charge in [0.2, 0.25) is 11.8 Å². The second-order valence-electron chi connectivity index (χ2n) is 3.09. The summed E-state index contributed by atoms with van der Waals surface area (Å²) in [4.78, 5) is 20.4. The number of carbonyl (C=O) groups is 1. The molecular weight excluding hydrogens is 228 g/mol. The standard InChI is InChI=1S/C8H10N6OS/c1-4-5(16-3-11-4)2-10-7(15)6-12-8(9)14-13-6/h3H,2H2,1H3,(H,10,15)(H3,9,12,13,14). The lowest BCUT2D eigenvalue weighted by Gasteiger charge is -2.00. The lowest BCUT2D eigenvalue weighted by molar-refractivity contribution is 0.0941. The summed E-state index contributed by atoms with van der Waals surface area (Å²) in [5.41, 5.74) is 7.95. The molecule has 8 heteroatoms. The Labute approximate surface area is 95.1 Å². The molecule has 0 aliphatic rings. The van der Waals surface area contributed by atoms with Crippen LogP contribution in [-0.4, -0.2) is 26.1 Å². The molecule has 2 aromatic heterocycles. The van der Waals surface area contributed by atoms with Gasteiger partial charge in [-0.25, -0.2) is 4.98 Å². The van der Waals surface area contributed by atoms with Crippen molar-refractivity contribution < 1.29 is 4.79 Å². The van der Waals surface area contributed by atoms with Gasteiger partial charge < -0.3 is 11.1 Å². The quantitative estimate of drug-likeness (QED) is 0.701. The molecule has 2 rings (SSSR count). The van der Waals surface area contributed by atoms with E-state index in [0.717, 1.165) is 10.6 Å². The van der Waals surface area contributed by atoms with Crippen molar-refractivity contribution >= 4 is 23.2 Å². The number of aromatic amines is 1. The monoisotopic (exact) mass is 238 g/mol. The molecule has 0 radical (unpaired) electrons. The third-order valence-electron chi connectivity index (χ3n) is 1.97. The van der Waals surface area contributed by atoms with E-state index in [1.54, 1.807) is 5.51 Å². The number of rotatable bonds is 3. The molecular formula is C8H10N6OS. The average molecular weight is 238 g/mol. The second kappa shape index (κ2) is 4.27. The minimum Gasteiger partial charge on any atom is -0.366 e. The van der Waals surface area contributed by atoms with E-state index in [2.05, 4.69) is 25.5 Å². The molecule has 0 spiro atoms. The summed E-state index contributed by atoms with van der Waals surface area (Å²) in [5, 5.41) is 8.71. The predicted molar refractivity (Wildman–Crippen MR) is 58.8 cm³/mol. The van der Waals surface area contributed by atoms with Crippen LogP contribution in [-0.2, 0) is 6.54 Å². The summed E-state index contributed by atoms with van der Waals surface area (Å²) < 4.78 is 0. The van der Waals surface area contributed by atoms with Crippen LogP contribution in [0.3, 0.4) is 0 Å². The highest BCUT2D eigenvalue weighted by molar-refractivity contribution is 7.09. The summed E-state index contributed by atoms with van der Waals surface area (Å²) in [6, 6.07) is 0. The number of thiazole rings is 1. The maximum absolute atomic E-state index is 11.5. The molecule has 84 valence electrons. The van der Waals surface area contributed by atoms with E-state index in [1.165, 1.54) is 11.3 Å². The van der Waals surface area contributed by atoms with Gasteiger partial charge in [0, 0.05) is 4.88 Å². The first-order chi connectivity index (χ1) is 7.66. The summed E-state index contributed by atoms with van der Waals surface area (Å²) >= 11 is 1.50. The lowest BCUT2D eigenvalue weighted by atomic mass is 10.4. The van der Waals surface area contributed by atoms with E-state index in [9.17, 15) is 4.79 Å². The van der Waals surface area contributed by atoms with Gasteiger partial charge in [0.1, 0.15) is 0 Å².